The van der Waals surface area contributed by atoms with Crippen molar-refractivity contribution >= 4 is 21.9 Å². The normalized spacial score (nSPS) is 12.1. The highest BCUT2D eigenvalue weighted by Crippen LogP contribution is 2.18. The van der Waals surface area contributed by atoms with Crippen LogP contribution in [0.5, 0.6) is 5.75 Å². The number of carboxylic acid groups (broad SMARTS) is 1. The highest BCUT2D eigenvalue weighted by Gasteiger charge is 2.10. The van der Waals surface area contributed by atoms with Gasteiger partial charge in [-0.1, -0.05) is 28.9 Å². The minimum absolute atomic E-state index is 0.364. The van der Waals surface area contributed by atoms with Crippen LogP contribution in [0.15, 0.2) is 28.7 Å². The second-order valence-electron chi connectivity index (χ2n) is 3.33. The molecule has 0 aliphatic heterocycles. The number of ether oxygens (including phenoxy) is 1. The van der Waals surface area contributed by atoms with Gasteiger partial charge in [0.1, 0.15) is 5.75 Å². The molecule has 0 fully saturated rings. The van der Waals surface area contributed by atoms with Gasteiger partial charge >= 0.3 is 5.97 Å². The molecule has 1 rings (SSSR count). The van der Waals surface area contributed by atoms with Crippen LogP contribution in [0.3, 0.4) is 0 Å². The molecule has 3 nitrogen and oxygen atoms in total. The van der Waals surface area contributed by atoms with Crippen LogP contribution < -0.4 is 4.74 Å². The second-order valence-corrected chi connectivity index (χ2v) is 4.25. The van der Waals surface area contributed by atoms with E-state index in [1.165, 1.54) is 0 Å². The number of hydrogen-bond donors (Lipinski definition) is 1. The largest absolute Gasteiger partial charge is 0.494 e. The molecule has 0 aliphatic carbocycles. The standard InChI is InChI=1S/C11H13BrO3/c1-8(11(13)14)5-6-15-10-4-2-3-9(12)7-10/h2-4,7-8H,5-6H2,1H3,(H,13,14). The lowest BCUT2D eigenvalue weighted by molar-refractivity contribution is -0.141. The molecule has 1 atom stereocenters. The summed E-state index contributed by atoms with van der Waals surface area (Å²) in [7, 11) is 0. The maximum absolute atomic E-state index is 10.5. The zero-order valence-corrected chi connectivity index (χ0v) is 10.0. The van der Waals surface area contributed by atoms with Gasteiger partial charge in [-0.15, -0.1) is 0 Å². The molecule has 1 aromatic carbocycles. The number of rotatable bonds is 5. The fraction of sp³-hybridized carbons (Fsp3) is 0.364. The molecule has 1 unspecified atom stereocenters. The Kier molecular flexibility index (Phi) is 4.62. The van der Waals surface area contributed by atoms with Crippen molar-refractivity contribution in [2.45, 2.75) is 13.3 Å². The zero-order chi connectivity index (χ0) is 11.3. The van der Waals surface area contributed by atoms with Gasteiger partial charge in [-0.25, -0.2) is 0 Å². The Hall–Kier alpha value is -1.03. The summed E-state index contributed by atoms with van der Waals surface area (Å²) >= 11 is 3.33. The van der Waals surface area contributed by atoms with Gasteiger partial charge in [0.25, 0.3) is 0 Å². The zero-order valence-electron chi connectivity index (χ0n) is 8.44. The number of carbonyl (C=O) groups is 1. The van der Waals surface area contributed by atoms with E-state index >= 15 is 0 Å². The lowest BCUT2D eigenvalue weighted by Gasteiger charge is -2.08. The predicted molar refractivity (Wildman–Crippen MR) is 61.1 cm³/mol. The molecular formula is C11H13BrO3. The molecule has 0 heterocycles. The van der Waals surface area contributed by atoms with Gasteiger partial charge in [-0.05, 0) is 24.6 Å². The molecule has 1 aromatic rings. The Morgan fingerprint density at radius 3 is 2.93 bits per heavy atom. The third-order valence-electron chi connectivity index (χ3n) is 2.04. The van der Waals surface area contributed by atoms with E-state index in [2.05, 4.69) is 15.9 Å². The molecule has 0 radical (unpaired) electrons. The first-order chi connectivity index (χ1) is 7.09. The average Bonchev–Trinajstić information content (AvgIpc) is 2.17. The molecular weight excluding hydrogens is 260 g/mol. The number of aliphatic carboxylic acids is 1. The van der Waals surface area contributed by atoms with Crippen molar-refractivity contribution in [3.8, 4) is 5.75 Å². The summed E-state index contributed by atoms with van der Waals surface area (Å²) in [5.74, 6) is -0.396. The Balaban J connectivity index is 2.35. The first-order valence-electron chi connectivity index (χ1n) is 4.71. The minimum atomic E-state index is -0.784. The van der Waals surface area contributed by atoms with Crippen LogP contribution in [0.1, 0.15) is 13.3 Å². The van der Waals surface area contributed by atoms with Gasteiger partial charge in [0, 0.05) is 4.47 Å². The molecule has 0 amide bonds. The summed E-state index contributed by atoms with van der Waals surface area (Å²) in [6.07, 6.45) is 0.516. The first-order valence-corrected chi connectivity index (χ1v) is 5.50. The summed E-state index contributed by atoms with van der Waals surface area (Å²) in [5.41, 5.74) is 0. The summed E-state index contributed by atoms with van der Waals surface area (Å²) in [6, 6.07) is 7.48. The van der Waals surface area contributed by atoms with E-state index in [1.54, 1.807) is 6.92 Å². The van der Waals surface area contributed by atoms with Gasteiger partial charge < -0.3 is 9.84 Å². The highest BCUT2D eigenvalue weighted by atomic mass is 79.9. The topological polar surface area (TPSA) is 46.5 Å². The van der Waals surface area contributed by atoms with Crippen molar-refractivity contribution in [3.05, 3.63) is 28.7 Å². The maximum atomic E-state index is 10.5. The molecule has 0 aliphatic rings. The van der Waals surface area contributed by atoms with Crippen molar-refractivity contribution < 1.29 is 14.6 Å². The van der Waals surface area contributed by atoms with Gasteiger partial charge in [0.2, 0.25) is 0 Å². The van der Waals surface area contributed by atoms with Gasteiger partial charge in [0.15, 0.2) is 0 Å². The third-order valence-corrected chi connectivity index (χ3v) is 2.53. The van der Waals surface area contributed by atoms with Crippen molar-refractivity contribution in [2.75, 3.05) is 6.61 Å². The molecule has 0 spiro atoms. The van der Waals surface area contributed by atoms with Crippen LogP contribution >= 0.6 is 15.9 Å². The first kappa shape index (κ1) is 12.0. The van der Waals surface area contributed by atoms with E-state index in [4.69, 9.17) is 9.84 Å². The van der Waals surface area contributed by atoms with Gasteiger partial charge in [-0.3, -0.25) is 4.79 Å². The minimum Gasteiger partial charge on any atom is -0.494 e. The number of halogens is 1. The van der Waals surface area contributed by atoms with E-state index < -0.39 is 5.97 Å². The molecule has 0 bridgehead atoms. The van der Waals surface area contributed by atoms with E-state index in [9.17, 15) is 4.79 Å². The third kappa shape index (κ3) is 4.34. The summed E-state index contributed by atoms with van der Waals surface area (Å²) < 4.78 is 6.36. The Morgan fingerprint density at radius 2 is 2.33 bits per heavy atom. The van der Waals surface area contributed by atoms with E-state index in [0.717, 1.165) is 10.2 Å². The average molecular weight is 273 g/mol. The number of benzene rings is 1. The van der Waals surface area contributed by atoms with Crippen LogP contribution in [-0.4, -0.2) is 17.7 Å². The van der Waals surface area contributed by atoms with Crippen LogP contribution in [0.4, 0.5) is 0 Å². The van der Waals surface area contributed by atoms with Gasteiger partial charge in [0.05, 0.1) is 12.5 Å². The monoisotopic (exact) mass is 272 g/mol. The summed E-state index contributed by atoms with van der Waals surface area (Å²) in [5, 5.41) is 8.66. The van der Waals surface area contributed by atoms with E-state index in [1.807, 2.05) is 24.3 Å². The second kappa shape index (κ2) is 5.75. The van der Waals surface area contributed by atoms with Crippen LogP contribution in [0, 0.1) is 5.92 Å². The SMILES string of the molecule is CC(CCOc1cccc(Br)c1)C(=O)O. The van der Waals surface area contributed by atoms with E-state index in [0.29, 0.717) is 13.0 Å². The fourth-order valence-electron chi connectivity index (χ4n) is 1.03. The Bertz CT molecular complexity index is 338. The smallest absolute Gasteiger partial charge is 0.306 e. The van der Waals surface area contributed by atoms with Crippen LogP contribution in [0.2, 0.25) is 0 Å². The summed E-state index contributed by atoms with van der Waals surface area (Å²) in [4.78, 5) is 10.5. The molecule has 4 heteroatoms. The van der Waals surface area contributed by atoms with E-state index in [-0.39, 0.29) is 5.92 Å². The van der Waals surface area contributed by atoms with Gasteiger partial charge in [-0.2, -0.15) is 0 Å². The molecule has 0 saturated carbocycles. The van der Waals surface area contributed by atoms with Crippen molar-refractivity contribution in [1.29, 1.82) is 0 Å². The fourth-order valence-corrected chi connectivity index (χ4v) is 1.41. The van der Waals surface area contributed by atoms with Crippen LogP contribution in [-0.2, 0) is 4.79 Å². The quantitative estimate of drug-likeness (QED) is 0.897. The van der Waals surface area contributed by atoms with Crippen molar-refractivity contribution in [1.82, 2.24) is 0 Å². The summed E-state index contributed by atoms with van der Waals surface area (Å²) in [6.45, 7) is 2.09. The lowest BCUT2D eigenvalue weighted by atomic mass is 10.1. The predicted octanol–water partition coefficient (Wildman–Crippen LogP) is 2.94. The Morgan fingerprint density at radius 1 is 1.60 bits per heavy atom. The van der Waals surface area contributed by atoms with Crippen LogP contribution in [0.25, 0.3) is 0 Å². The highest BCUT2D eigenvalue weighted by molar-refractivity contribution is 9.10. The molecule has 15 heavy (non-hydrogen) atoms. The van der Waals surface area contributed by atoms with Crippen molar-refractivity contribution in [3.63, 3.8) is 0 Å². The number of hydrogen-bond acceptors (Lipinski definition) is 2. The lowest BCUT2D eigenvalue weighted by Crippen LogP contribution is -2.13. The molecule has 1 N–H and O–H groups in total. The molecule has 0 aromatic heterocycles. The molecule has 82 valence electrons. The molecule has 0 saturated heterocycles. The Labute approximate surface area is 97.2 Å². The maximum Gasteiger partial charge on any atom is 0.306 e. The van der Waals surface area contributed by atoms with Crippen molar-refractivity contribution in [2.24, 2.45) is 5.92 Å². The number of carboxylic acids is 1.